The standard InChI is InChI=1S/C24H26O2/c25-21-6-1-16(2-7-21)3-10-23-19-12-17-11-18(13-19)15-24(23,14-17)20-4-8-22(26)9-5-20/h1-2,4-10,17-19,25-26H,3,11-15H2/b23-10+. The molecule has 2 unspecified atom stereocenters. The Morgan fingerprint density at radius 1 is 0.808 bits per heavy atom. The fourth-order valence-electron chi connectivity index (χ4n) is 6.25. The lowest BCUT2D eigenvalue weighted by molar-refractivity contribution is 0.0463. The Kier molecular flexibility index (Phi) is 3.63. The van der Waals surface area contributed by atoms with Crippen molar-refractivity contribution in [2.75, 3.05) is 0 Å². The minimum atomic E-state index is 0.180. The summed E-state index contributed by atoms with van der Waals surface area (Å²) in [5, 5.41) is 19.3. The van der Waals surface area contributed by atoms with Crippen LogP contribution >= 0.6 is 0 Å². The highest BCUT2D eigenvalue weighted by molar-refractivity contribution is 5.44. The van der Waals surface area contributed by atoms with Crippen molar-refractivity contribution in [1.82, 2.24) is 0 Å². The second-order valence-electron chi connectivity index (χ2n) is 8.70. The van der Waals surface area contributed by atoms with Crippen LogP contribution in [-0.4, -0.2) is 10.2 Å². The van der Waals surface area contributed by atoms with Crippen molar-refractivity contribution in [3.05, 3.63) is 71.3 Å². The summed E-state index contributed by atoms with van der Waals surface area (Å²) in [5.41, 5.74) is 4.47. The summed E-state index contributed by atoms with van der Waals surface area (Å²) >= 11 is 0. The van der Waals surface area contributed by atoms with Crippen LogP contribution < -0.4 is 0 Å². The fourth-order valence-corrected chi connectivity index (χ4v) is 6.25. The topological polar surface area (TPSA) is 40.5 Å². The van der Waals surface area contributed by atoms with Crippen LogP contribution in [0.5, 0.6) is 11.5 Å². The van der Waals surface area contributed by atoms with Gasteiger partial charge in [-0.1, -0.05) is 35.9 Å². The van der Waals surface area contributed by atoms with Crippen molar-refractivity contribution in [2.24, 2.45) is 17.8 Å². The Morgan fingerprint density at radius 2 is 1.38 bits per heavy atom. The zero-order chi connectivity index (χ0) is 17.7. The van der Waals surface area contributed by atoms with Gasteiger partial charge in [-0.05, 0) is 91.7 Å². The quantitative estimate of drug-likeness (QED) is 0.736. The van der Waals surface area contributed by atoms with Gasteiger partial charge in [0, 0.05) is 5.41 Å². The molecule has 2 aromatic carbocycles. The van der Waals surface area contributed by atoms with Gasteiger partial charge in [0.25, 0.3) is 0 Å². The Bertz CT molecular complexity index is 818. The summed E-state index contributed by atoms with van der Waals surface area (Å²) < 4.78 is 0. The van der Waals surface area contributed by atoms with Gasteiger partial charge in [0.15, 0.2) is 0 Å². The molecule has 4 bridgehead atoms. The average Bonchev–Trinajstić information content (AvgIpc) is 2.62. The van der Waals surface area contributed by atoms with Gasteiger partial charge in [0.1, 0.15) is 11.5 Å². The molecule has 2 nitrogen and oxygen atoms in total. The van der Waals surface area contributed by atoms with E-state index in [1.165, 1.54) is 43.2 Å². The first kappa shape index (κ1) is 16.0. The lowest BCUT2D eigenvalue weighted by Crippen LogP contribution is -2.50. The first-order chi connectivity index (χ1) is 12.6. The summed E-state index contributed by atoms with van der Waals surface area (Å²) in [6.45, 7) is 0. The average molecular weight is 346 g/mol. The van der Waals surface area contributed by atoms with Gasteiger partial charge in [-0.3, -0.25) is 0 Å². The molecule has 4 saturated carbocycles. The maximum absolute atomic E-state index is 9.74. The third-order valence-electron chi connectivity index (χ3n) is 7.08. The third-order valence-corrected chi connectivity index (χ3v) is 7.08. The van der Waals surface area contributed by atoms with Crippen LogP contribution in [0.25, 0.3) is 0 Å². The molecular weight excluding hydrogens is 320 g/mol. The van der Waals surface area contributed by atoms with Gasteiger partial charge >= 0.3 is 0 Å². The first-order valence-electron chi connectivity index (χ1n) is 9.90. The van der Waals surface area contributed by atoms with E-state index in [0.717, 1.165) is 24.2 Å². The second-order valence-corrected chi connectivity index (χ2v) is 8.70. The molecule has 26 heavy (non-hydrogen) atoms. The number of hydrogen-bond acceptors (Lipinski definition) is 2. The molecule has 4 aliphatic carbocycles. The maximum Gasteiger partial charge on any atom is 0.115 e. The van der Waals surface area contributed by atoms with Crippen molar-refractivity contribution in [3.8, 4) is 11.5 Å². The Labute approximate surface area is 155 Å². The van der Waals surface area contributed by atoms with Crippen LogP contribution in [0.3, 0.4) is 0 Å². The van der Waals surface area contributed by atoms with E-state index in [2.05, 4.69) is 18.2 Å². The molecule has 134 valence electrons. The zero-order valence-corrected chi connectivity index (χ0v) is 15.1. The van der Waals surface area contributed by atoms with Crippen molar-refractivity contribution < 1.29 is 10.2 Å². The Balaban J connectivity index is 1.54. The number of benzene rings is 2. The molecule has 0 heterocycles. The number of phenolic OH excluding ortho intramolecular Hbond substituents is 2. The van der Waals surface area contributed by atoms with E-state index in [4.69, 9.17) is 0 Å². The molecule has 0 aromatic heterocycles. The van der Waals surface area contributed by atoms with E-state index < -0.39 is 0 Å². The molecule has 0 spiro atoms. The number of allylic oxidation sites excluding steroid dienone is 2. The van der Waals surface area contributed by atoms with Gasteiger partial charge in [-0.15, -0.1) is 0 Å². The summed E-state index contributed by atoms with van der Waals surface area (Å²) in [5.74, 6) is 3.15. The molecule has 2 N–H and O–H groups in total. The molecule has 2 atom stereocenters. The van der Waals surface area contributed by atoms with Gasteiger partial charge in [-0.25, -0.2) is 0 Å². The highest BCUT2D eigenvalue weighted by Gasteiger charge is 2.54. The normalized spacial score (nSPS) is 33.7. The fraction of sp³-hybridized carbons (Fsp3) is 0.417. The van der Waals surface area contributed by atoms with E-state index in [1.807, 2.05) is 24.3 Å². The summed E-state index contributed by atoms with van der Waals surface area (Å²) in [7, 11) is 0. The van der Waals surface area contributed by atoms with E-state index in [1.54, 1.807) is 17.7 Å². The highest BCUT2D eigenvalue weighted by Crippen LogP contribution is 2.63. The van der Waals surface area contributed by atoms with Crippen LogP contribution in [0.4, 0.5) is 0 Å². The van der Waals surface area contributed by atoms with E-state index >= 15 is 0 Å². The molecule has 0 aliphatic heterocycles. The van der Waals surface area contributed by atoms with Gasteiger partial charge in [0.2, 0.25) is 0 Å². The monoisotopic (exact) mass is 346 g/mol. The Hall–Kier alpha value is -2.22. The highest BCUT2D eigenvalue weighted by atomic mass is 16.3. The number of aromatic hydroxyl groups is 2. The maximum atomic E-state index is 9.74. The zero-order valence-electron chi connectivity index (χ0n) is 15.1. The number of rotatable bonds is 3. The van der Waals surface area contributed by atoms with Crippen LogP contribution in [0.15, 0.2) is 60.2 Å². The van der Waals surface area contributed by atoms with Gasteiger partial charge < -0.3 is 10.2 Å². The predicted octanol–water partition coefficient (Wildman–Crippen LogP) is 5.34. The SMILES string of the molecule is Oc1ccc(C/C=C2\C3CC4CC(C3)CC2(c2ccc(O)cc2)C4)cc1. The molecule has 0 radical (unpaired) electrons. The van der Waals surface area contributed by atoms with Crippen molar-refractivity contribution in [1.29, 1.82) is 0 Å². The molecule has 4 fully saturated rings. The van der Waals surface area contributed by atoms with Crippen molar-refractivity contribution in [2.45, 2.75) is 43.9 Å². The molecule has 4 aliphatic rings. The van der Waals surface area contributed by atoms with E-state index in [9.17, 15) is 10.2 Å². The molecule has 2 aromatic rings. The summed E-state index contributed by atoms with van der Waals surface area (Å²) in [6.07, 6.45) is 10.1. The van der Waals surface area contributed by atoms with E-state index in [-0.39, 0.29) is 5.41 Å². The van der Waals surface area contributed by atoms with Crippen LogP contribution in [0, 0.1) is 17.8 Å². The molecule has 0 saturated heterocycles. The summed E-state index contributed by atoms with van der Waals surface area (Å²) in [6, 6.07) is 15.6. The Morgan fingerprint density at radius 3 is 2.00 bits per heavy atom. The van der Waals surface area contributed by atoms with Gasteiger partial charge in [0.05, 0.1) is 0 Å². The van der Waals surface area contributed by atoms with E-state index in [0.29, 0.717) is 11.5 Å². The molecular formula is C24H26O2. The van der Waals surface area contributed by atoms with Crippen LogP contribution in [0.2, 0.25) is 0 Å². The number of hydrogen-bond donors (Lipinski definition) is 2. The molecule has 0 amide bonds. The van der Waals surface area contributed by atoms with Crippen molar-refractivity contribution >= 4 is 0 Å². The smallest absolute Gasteiger partial charge is 0.115 e. The van der Waals surface area contributed by atoms with Crippen LogP contribution in [-0.2, 0) is 11.8 Å². The minimum Gasteiger partial charge on any atom is -0.508 e. The number of phenols is 2. The lowest BCUT2D eigenvalue weighted by atomic mass is 9.45. The summed E-state index contributed by atoms with van der Waals surface area (Å²) in [4.78, 5) is 0. The second kappa shape index (κ2) is 5.90. The van der Waals surface area contributed by atoms with Crippen molar-refractivity contribution in [3.63, 3.8) is 0 Å². The minimum absolute atomic E-state index is 0.180. The lowest BCUT2D eigenvalue weighted by Gasteiger charge is -2.59. The molecule has 2 heteroatoms. The van der Waals surface area contributed by atoms with Gasteiger partial charge in [-0.2, -0.15) is 0 Å². The largest absolute Gasteiger partial charge is 0.508 e. The van der Waals surface area contributed by atoms with Crippen LogP contribution in [0.1, 0.15) is 43.2 Å². The third kappa shape index (κ3) is 2.55. The first-order valence-corrected chi connectivity index (χ1v) is 9.90. The predicted molar refractivity (Wildman–Crippen MR) is 103 cm³/mol. The molecule has 6 rings (SSSR count).